The van der Waals surface area contributed by atoms with Crippen molar-refractivity contribution >= 4 is 5.91 Å². The molecule has 8 heteroatoms. The van der Waals surface area contributed by atoms with Gasteiger partial charge in [-0.3, -0.25) is 14.0 Å². The van der Waals surface area contributed by atoms with E-state index in [4.69, 9.17) is 0 Å². The first-order chi connectivity index (χ1) is 10.9. The number of piperidine rings is 1. The Morgan fingerprint density at radius 1 is 1.13 bits per heavy atom. The lowest BCUT2D eigenvalue weighted by molar-refractivity contribution is 0.0681. The molecule has 2 aromatic heterocycles. The van der Waals surface area contributed by atoms with Gasteiger partial charge in [0.15, 0.2) is 0 Å². The van der Waals surface area contributed by atoms with Gasteiger partial charge in [0.2, 0.25) is 0 Å². The molecule has 23 heavy (non-hydrogen) atoms. The fraction of sp³-hybridized carbons (Fsp3) is 0.600. The highest BCUT2D eigenvalue weighted by molar-refractivity contribution is 5.92. The molecule has 1 saturated heterocycles. The van der Waals surface area contributed by atoms with Crippen LogP contribution in [0.15, 0.2) is 10.9 Å². The molecule has 1 aliphatic heterocycles. The molecule has 0 aromatic carbocycles. The van der Waals surface area contributed by atoms with Crippen molar-refractivity contribution in [3.05, 3.63) is 33.8 Å². The van der Waals surface area contributed by atoms with E-state index in [1.165, 1.54) is 4.68 Å². The second-order valence-electron chi connectivity index (χ2n) is 6.14. The summed E-state index contributed by atoms with van der Waals surface area (Å²) in [5.41, 5.74) is 1.36. The molecule has 8 nitrogen and oxygen atoms in total. The van der Waals surface area contributed by atoms with Crippen molar-refractivity contribution in [3.8, 4) is 0 Å². The van der Waals surface area contributed by atoms with Crippen LogP contribution in [-0.4, -0.2) is 48.0 Å². The lowest BCUT2D eigenvalue weighted by Crippen LogP contribution is -2.41. The quantitative estimate of drug-likeness (QED) is 0.803. The topological polar surface area (TPSA) is 78.0 Å². The van der Waals surface area contributed by atoms with Crippen LogP contribution in [0.4, 0.5) is 0 Å². The molecular formula is C15H22N6O2. The zero-order valence-corrected chi connectivity index (χ0v) is 14.0. The maximum absolute atomic E-state index is 12.6. The molecule has 124 valence electrons. The van der Waals surface area contributed by atoms with Gasteiger partial charge in [-0.15, -0.1) is 0 Å². The maximum atomic E-state index is 12.6. The van der Waals surface area contributed by atoms with Gasteiger partial charge in [0.1, 0.15) is 11.5 Å². The average molecular weight is 318 g/mol. The standard InChI is InChI=1S/C15H22N6O2/c1-10-9-13(18(3)16-10)14(22)20-7-5-12(6-8-20)21-11(2)17-19(4)15(21)23/h9,12H,5-8H2,1-4H3. The molecule has 3 heterocycles. The zero-order chi connectivity index (χ0) is 16.7. The van der Waals surface area contributed by atoms with Gasteiger partial charge in [-0.2, -0.15) is 10.2 Å². The summed E-state index contributed by atoms with van der Waals surface area (Å²) in [7, 11) is 3.45. The second kappa shape index (κ2) is 5.68. The largest absolute Gasteiger partial charge is 0.345 e. The van der Waals surface area contributed by atoms with E-state index in [1.54, 1.807) is 23.3 Å². The van der Waals surface area contributed by atoms with Crippen LogP contribution in [0.1, 0.15) is 40.9 Å². The summed E-state index contributed by atoms with van der Waals surface area (Å²) in [6, 6.07) is 1.91. The summed E-state index contributed by atoms with van der Waals surface area (Å²) in [4.78, 5) is 26.6. The minimum atomic E-state index is -0.0884. The molecule has 1 aliphatic rings. The molecule has 0 aliphatic carbocycles. The van der Waals surface area contributed by atoms with E-state index in [-0.39, 0.29) is 17.6 Å². The fourth-order valence-electron chi connectivity index (χ4n) is 3.32. The first kappa shape index (κ1) is 15.5. The molecule has 0 bridgehead atoms. The summed E-state index contributed by atoms with van der Waals surface area (Å²) in [5, 5.41) is 8.41. The first-order valence-corrected chi connectivity index (χ1v) is 7.80. The molecule has 2 aromatic rings. The van der Waals surface area contributed by atoms with Crippen LogP contribution in [-0.2, 0) is 14.1 Å². The van der Waals surface area contributed by atoms with Crippen molar-refractivity contribution in [1.29, 1.82) is 0 Å². The van der Waals surface area contributed by atoms with Crippen molar-refractivity contribution in [2.24, 2.45) is 14.1 Å². The molecule has 0 saturated carbocycles. The smallest absolute Gasteiger partial charge is 0.337 e. The van der Waals surface area contributed by atoms with Crippen molar-refractivity contribution in [1.82, 2.24) is 29.0 Å². The Hall–Kier alpha value is -2.38. The monoisotopic (exact) mass is 318 g/mol. The number of carbonyl (C=O) groups is 1. The Morgan fingerprint density at radius 3 is 2.26 bits per heavy atom. The van der Waals surface area contributed by atoms with Crippen molar-refractivity contribution in [2.45, 2.75) is 32.7 Å². The Kier molecular flexibility index (Phi) is 3.83. The predicted molar refractivity (Wildman–Crippen MR) is 84.3 cm³/mol. The SMILES string of the molecule is Cc1cc(C(=O)N2CCC(n3c(C)nn(C)c3=O)CC2)n(C)n1. The minimum Gasteiger partial charge on any atom is -0.337 e. The van der Waals surface area contributed by atoms with E-state index in [0.29, 0.717) is 18.8 Å². The summed E-state index contributed by atoms with van der Waals surface area (Å²) >= 11 is 0. The average Bonchev–Trinajstić information content (AvgIpc) is 2.97. The number of aryl methyl sites for hydroxylation is 4. The van der Waals surface area contributed by atoms with Crippen LogP contribution >= 0.6 is 0 Å². The van der Waals surface area contributed by atoms with Crippen molar-refractivity contribution in [3.63, 3.8) is 0 Å². The van der Waals surface area contributed by atoms with Gasteiger partial charge in [0.05, 0.1) is 5.69 Å². The van der Waals surface area contributed by atoms with Gasteiger partial charge in [-0.25, -0.2) is 9.48 Å². The van der Waals surface area contributed by atoms with Gasteiger partial charge >= 0.3 is 5.69 Å². The van der Waals surface area contributed by atoms with E-state index in [0.717, 1.165) is 24.4 Å². The lowest BCUT2D eigenvalue weighted by Gasteiger charge is -2.32. The fourth-order valence-corrected chi connectivity index (χ4v) is 3.32. The van der Waals surface area contributed by atoms with E-state index in [1.807, 2.05) is 24.8 Å². The molecular weight excluding hydrogens is 296 g/mol. The molecule has 3 rings (SSSR count). The van der Waals surface area contributed by atoms with E-state index < -0.39 is 0 Å². The summed E-state index contributed by atoms with van der Waals surface area (Å²) in [6.45, 7) is 4.99. The molecule has 0 unspecified atom stereocenters. The molecule has 1 fully saturated rings. The molecule has 1 amide bonds. The Morgan fingerprint density at radius 2 is 1.78 bits per heavy atom. The number of rotatable bonds is 2. The number of amides is 1. The first-order valence-electron chi connectivity index (χ1n) is 7.80. The van der Waals surface area contributed by atoms with Gasteiger partial charge < -0.3 is 4.90 Å². The summed E-state index contributed by atoms with van der Waals surface area (Å²) in [5.74, 6) is 0.728. The number of nitrogens with zero attached hydrogens (tertiary/aromatic N) is 6. The van der Waals surface area contributed by atoms with Crippen LogP contribution in [0.5, 0.6) is 0 Å². The van der Waals surface area contributed by atoms with Crippen LogP contribution in [0, 0.1) is 13.8 Å². The number of carbonyl (C=O) groups excluding carboxylic acids is 1. The minimum absolute atomic E-state index is 0.00167. The highest BCUT2D eigenvalue weighted by Crippen LogP contribution is 2.23. The molecule has 0 spiro atoms. The highest BCUT2D eigenvalue weighted by atomic mass is 16.2. The van der Waals surface area contributed by atoms with Crippen LogP contribution in [0.25, 0.3) is 0 Å². The second-order valence-corrected chi connectivity index (χ2v) is 6.14. The number of hydrogen-bond donors (Lipinski definition) is 0. The lowest BCUT2D eigenvalue weighted by atomic mass is 10.0. The van der Waals surface area contributed by atoms with Crippen molar-refractivity contribution < 1.29 is 4.79 Å². The van der Waals surface area contributed by atoms with Gasteiger partial charge in [-0.1, -0.05) is 0 Å². The summed E-state index contributed by atoms with van der Waals surface area (Å²) in [6.07, 6.45) is 1.52. The number of aromatic nitrogens is 5. The van der Waals surface area contributed by atoms with Crippen LogP contribution < -0.4 is 5.69 Å². The van der Waals surface area contributed by atoms with E-state index >= 15 is 0 Å². The highest BCUT2D eigenvalue weighted by Gasteiger charge is 2.28. The Labute approximate surface area is 134 Å². The van der Waals surface area contributed by atoms with E-state index in [9.17, 15) is 9.59 Å². The third-order valence-corrected chi connectivity index (χ3v) is 4.46. The number of hydrogen-bond acceptors (Lipinski definition) is 4. The molecule has 0 radical (unpaired) electrons. The van der Waals surface area contributed by atoms with Gasteiger partial charge in [0, 0.05) is 33.2 Å². The van der Waals surface area contributed by atoms with Gasteiger partial charge in [0.25, 0.3) is 5.91 Å². The van der Waals surface area contributed by atoms with Crippen LogP contribution in [0.2, 0.25) is 0 Å². The third-order valence-electron chi connectivity index (χ3n) is 4.46. The van der Waals surface area contributed by atoms with Gasteiger partial charge in [-0.05, 0) is 32.8 Å². The number of likely N-dealkylation sites (tertiary alicyclic amines) is 1. The third kappa shape index (κ3) is 2.69. The Balaban J connectivity index is 1.72. The predicted octanol–water partition coefficient (Wildman–Crippen LogP) is 0.409. The van der Waals surface area contributed by atoms with Crippen molar-refractivity contribution in [2.75, 3.05) is 13.1 Å². The Bertz CT molecular complexity index is 791. The molecule has 0 N–H and O–H groups in total. The normalized spacial score (nSPS) is 16.1. The maximum Gasteiger partial charge on any atom is 0.345 e. The van der Waals surface area contributed by atoms with Crippen LogP contribution in [0.3, 0.4) is 0 Å². The summed E-state index contributed by atoms with van der Waals surface area (Å²) < 4.78 is 4.74. The zero-order valence-electron chi connectivity index (χ0n) is 14.0. The van der Waals surface area contributed by atoms with E-state index in [2.05, 4.69) is 10.2 Å². The molecule has 0 atom stereocenters.